The van der Waals surface area contributed by atoms with E-state index < -0.39 is 28.5 Å². The summed E-state index contributed by atoms with van der Waals surface area (Å²) >= 11 is 6.33. The molecule has 8 nitrogen and oxygen atoms in total. The molecule has 0 spiro atoms. The Bertz CT molecular complexity index is 1120. The molecule has 0 unspecified atom stereocenters. The summed E-state index contributed by atoms with van der Waals surface area (Å²) in [5.74, 6) is -0.534. The van der Waals surface area contributed by atoms with Crippen molar-refractivity contribution < 1.29 is 22.7 Å². The van der Waals surface area contributed by atoms with E-state index in [2.05, 4.69) is 5.32 Å². The summed E-state index contributed by atoms with van der Waals surface area (Å²) < 4.78 is 31.9. The van der Waals surface area contributed by atoms with Gasteiger partial charge in [0.15, 0.2) is 0 Å². The van der Waals surface area contributed by atoms with Crippen LogP contribution in [0, 0.1) is 6.92 Å². The van der Waals surface area contributed by atoms with E-state index in [0.717, 1.165) is 16.1 Å². The number of hydrogen-bond donors (Lipinski definition) is 1. The third-order valence-corrected chi connectivity index (χ3v) is 6.81. The minimum atomic E-state index is -3.86. The van der Waals surface area contributed by atoms with Crippen LogP contribution in [0.5, 0.6) is 5.75 Å². The molecule has 0 heterocycles. The van der Waals surface area contributed by atoms with Crippen molar-refractivity contribution in [2.24, 2.45) is 0 Å². The molecule has 186 valence electrons. The monoisotopic (exact) mass is 509 g/mol. The Labute approximate surface area is 206 Å². The van der Waals surface area contributed by atoms with E-state index in [0.29, 0.717) is 29.3 Å². The summed E-state index contributed by atoms with van der Waals surface area (Å²) in [5.41, 5.74) is 1.71. The number of benzene rings is 2. The number of halogens is 1. The van der Waals surface area contributed by atoms with E-state index in [9.17, 15) is 18.0 Å². The van der Waals surface area contributed by atoms with Crippen LogP contribution >= 0.6 is 11.6 Å². The van der Waals surface area contributed by atoms with Crippen molar-refractivity contribution in [3.05, 3.63) is 58.6 Å². The molecule has 2 rings (SSSR count). The van der Waals surface area contributed by atoms with Gasteiger partial charge in [0.2, 0.25) is 21.8 Å². The largest absolute Gasteiger partial charge is 0.495 e. The number of nitrogens with one attached hydrogen (secondary N) is 1. The van der Waals surface area contributed by atoms with Crippen molar-refractivity contribution in [2.75, 3.05) is 30.8 Å². The maximum absolute atomic E-state index is 13.6. The van der Waals surface area contributed by atoms with E-state index in [-0.39, 0.29) is 18.1 Å². The smallest absolute Gasteiger partial charge is 0.244 e. The molecule has 0 fully saturated rings. The fraction of sp³-hybridized carbons (Fsp3) is 0.417. The number of sulfonamides is 1. The molecule has 0 saturated carbocycles. The first-order valence-electron chi connectivity index (χ1n) is 11.0. The molecule has 0 aliphatic heterocycles. The Hall–Kier alpha value is -2.78. The van der Waals surface area contributed by atoms with Gasteiger partial charge >= 0.3 is 0 Å². The van der Waals surface area contributed by atoms with E-state index in [4.69, 9.17) is 16.3 Å². The normalized spacial score (nSPS) is 12.1. The highest BCUT2D eigenvalue weighted by atomic mass is 35.5. The Morgan fingerprint density at radius 2 is 1.82 bits per heavy atom. The molecular formula is C24H32ClN3O5S. The second-order valence-corrected chi connectivity index (χ2v) is 10.2. The predicted octanol–water partition coefficient (Wildman–Crippen LogP) is 3.37. The van der Waals surface area contributed by atoms with Gasteiger partial charge in [-0.1, -0.05) is 42.8 Å². The molecule has 0 aliphatic carbocycles. The quantitative estimate of drug-likeness (QED) is 0.501. The molecular weight excluding hydrogens is 478 g/mol. The van der Waals surface area contributed by atoms with E-state index in [1.807, 2.05) is 6.92 Å². The van der Waals surface area contributed by atoms with Crippen LogP contribution in [0.15, 0.2) is 42.5 Å². The fourth-order valence-electron chi connectivity index (χ4n) is 3.61. The van der Waals surface area contributed by atoms with Gasteiger partial charge in [-0.05, 0) is 49.6 Å². The number of carbonyl (C=O) groups is 2. The van der Waals surface area contributed by atoms with Gasteiger partial charge in [0.1, 0.15) is 18.3 Å². The minimum absolute atomic E-state index is 0.0523. The molecule has 2 aromatic carbocycles. The summed E-state index contributed by atoms with van der Waals surface area (Å²) in [4.78, 5) is 27.8. The highest BCUT2D eigenvalue weighted by Crippen LogP contribution is 2.31. The lowest BCUT2D eigenvalue weighted by Crippen LogP contribution is -2.52. The summed E-state index contributed by atoms with van der Waals surface area (Å²) in [6.07, 6.45) is 1.37. The summed E-state index contributed by atoms with van der Waals surface area (Å²) in [6.45, 7) is 5.36. The highest BCUT2D eigenvalue weighted by molar-refractivity contribution is 7.92. The van der Waals surface area contributed by atoms with Crippen LogP contribution < -0.4 is 14.4 Å². The maximum Gasteiger partial charge on any atom is 0.244 e. The Morgan fingerprint density at radius 3 is 2.38 bits per heavy atom. The highest BCUT2D eigenvalue weighted by Gasteiger charge is 2.32. The third-order valence-electron chi connectivity index (χ3n) is 5.32. The standard InChI is InChI=1S/C24H32ClN3O5S/c1-6-20(24(30)26-7-2)27(15-18-10-8-9-11-19(18)25)23(29)16-28(34(5,31)32)21-14-17(3)12-13-22(21)33-4/h8-14,20H,6-7,15-16H2,1-5H3,(H,26,30)/t20-/m0/s1. The van der Waals surface area contributed by atoms with Gasteiger partial charge in [-0.3, -0.25) is 13.9 Å². The van der Waals surface area contributed by atoms with Crippen molar-refractivity contribution >= 4 is 39.1 Å². The van der Waals surface area contributed by atoms with Crippen LogP contribution in [0.3, 0.4) is 0 Å². The predicted molar refractivity (Wildman–Crippen MR) is 135 cm³/mol. The van der Waals surface area contributed by atoms with Crippen molar-refractivity contribution in [2.45, 2.75) is 39.8 Å². The number of amides is 2. The number of carbonyl (C=O) groups excluding carboxylic acids is 2. The SMILES string of the molecule is CCNC(=O)[C@H](CC)N(Cc1ccccc1Cl)C(=O)CN(c1cc(C)ccc1OC)S(C)(=O)=O. The molecule has 2 amide bonds. The Balaban J connectivity index is 2.52. The first kappa shape index (κ1) is 27.5. The van der Waals surface area contributed by atoms with Gasteiger partial charge in [-0.25, -0.2) is 8.42 Å². The molecule has 0 aromatic heterocycles. The average molecular weight is 510 g/mol. The van der Waals surface area contributed by atoms with Crippen LogP contribution in [-0.4, -0.2) is 57.6 Å². The average Bonchev–Trinajstić information content (AvgIpc) is 2.77. The summed E-state index contributed by atoms with van der Waals surface area (Å²) in [6, 6.07) is 11.3. The summed E-state index contributed by atoms with van der Waals surface area (Å²) in [5, 5.41) is 3.21. The maximum atomic E-state index is 13.6. The van der Waals surface area contributed by atoms with Gasteiger partial charge in [0.25, 0.3) is 0 Å². The number of anilines is 1. The second kappa shape index (κ2) is 12.1. The minimum Gasteiger partial charge on any atom is -0.495 e. The van der Waals surface area contributed by atoms with E-state index in [1.54, 1.807) is 56.3 Å². The summed E-state index contributed by atoms with van der Waals surface area (Å²) in [7, 11) is -2.43. The van der Waals surface area contributed by atoms with Crippen LogP contribution in [0.1, 0.15) is 31.4 Å². The van der Waals surface area contributed by atoms with E-state index >= 15 is 0 Å². The van der Waals surface area contributed by atoms with Crippen molar-refractivity contribution in [3.63, 3.8) is 0 Å². The van der Waals surface area contributed by atoms with Gasteiger partial charge in [0.05, 0.1) is 19.1 Å². The van der Waals surface area contributed by atoms with Crippen LogP contribution in [0.2, 0.25) is 5.02 Å². The van der Waals surface area contributed by atoms with Gasteiger partial charge in [-0.15, -0.1) is 0 Å². The van der Waals surface area contributed by atoms with Crippen LogP contribution in [0.4, 0.5) is 5.69 Å². The topological polar surface area (TPSA) is 96.0 Å². The molecule has 1 atom stereocenters. The van der Waals surface area contributed by atoms with E-state index in [1.165, 1.54) is 12.0 Å². The van der Waals surface area contributed by atoms with Crippen LogP contribution in [-0.2, 0) is 26.2 Å². The van der Waals surface area contributed by atoms with Gasteiger partial charge in [-0.2, -0.15) is 0 Å². The number of likely N-dealkylation sites (N-methyl/N-ethyl adjacent to an activating group) is 1. The number of hydrogen-bond acceptors (Lipinski definition) is 5. The molecule has 0 saturated heterocycles. The van der Waals surface area contributed by atoms with Crippen molar-refractivity contribution in [3.8, 4) is 5.75 Å². The number of nitrogens with zero attached hydrogens (tertiary/aromatic N) is 2. The number of rotatable bonds is 11. The Kier molecular flexibility index (Phi) is 9.76. The van der Waals surface area contributed by atoms with Crippen molar-refractivity contribution in [1.82, 2.24) is 10.2 Å². The molecule has 10 heteroatoms. The lowest BCUT2D eigenvalue weighted by atomic mass is 10.1. The molecule has 2 aromatic rings. The van der Waals surface area contributed by atoms with Gasteiger partial charge in [0, 0.05) is 18.1 Å². The lowest BCUT2D eigenvalue weighted by Gasteiger charge is -2.33. The zero-order chi connectivity index (χ0) is 25.5. The number of aryl methyl sites for hydroxylation is 1. The van der Waals surface area contributed by atoms with Gasteiger partial charge < -0.3 is 15.0 Å². The third kappa shape index (κ3) is 6.87. The fourth-order valence-corrected chi connectivity index (χ4v) is 4.65. The van der Waals surface area contributed by atoms with Crippen LogP contribution in [0.25, 0.3) is 0 Å². The zero-order valence-corrected chi connectivity index (χ0v) is 21.7. The van der Waals surface area contributed by atoms with Crippen molar-refractivity contribution in [1.29, 1.82) is 0 Å². The lowest BCUT2D eigenvalue weighted by molar-refractivity contribution is -0.140. The molecule has 0 aliphatic rings. The second-order valence-electron chi connectivity index (χ2n) is 7.88. The first-order chi connectivity index (χ1) is 16.0. The zero-order valence-electron chi connectivity index (χ0n) is 20.2. The number of ether oxygens (including phenoxy) is 1. The molecule has 0 bridgehead atoms. The molecule has 34 heavy (non-hydrogen) atoms. The first-order valence-corrected chi connectivity index (χ1v) is 13.2. The molecule has 0 radical (unpaired) electrons. The molecule has 1 N–H and O–H groups in total. The Morgan fingerprint density at radius 1 is 1.15 bits per heavy atom. The number of methoxy groups -OCH3 is 1.